The second kappa shape index (κ2) is 5.62. The molecule has 2 aromatic rings. The lowest BCUT2D eigenvalue weighted by molar-refractivity contribution is 0.218. The summed E-state index contributed by atoms with van der Waals surface area (Å²) in [6.45, 7) is 0.662. The Labute approximate surface area is 97.2 Å². The van der Waals surface area contributed by atoms with Gasteiger partial charge in [-0.3, -0.25) is 4.98 Å². The van der Waals surface area contributed by atoms with Gasteiger partial charge in [-0.15, -0.1) is 10.2 Å². The van der Waals surface area contributed by atoms with Crippen molar-refractivity contribution in [2.45, 2.75) is 5.22 Å². The monoisotopic (exact) mass is 237 g/mol. The molecule has 0 aliphatic heterocycles. The number of methoxy groups -OCH3 is 1. The lowest BCUT2D eigenvalue weighted by Crippen LogP contribution is -1.90. The number of thioether (sulfide) groups is 1. The molecule has 6 heteroatoms. The Balaban J connectivity index is 2.02. The van der Waals surface area contributed by atoms with Gasteiger partial charge >= 0.3 is 0 Å². The van der Waals surface area contributed by atoms with Gasteiger partial charge in [0.05, 0.1) is 12.2 Å². The maximum absolute atomic E-state index is 5.46. The van der Waals surface area contributed by atoms with Gasteiger partial charge in [-0.2, -0.15) is 0 Å². The van der Waals surface area contributed by atoms with Crippen molar-refractivity contribution in [1.29, 1.82) is 0 Å². The fourth-order valence-corrected chi connectivity index (χ4v) is 1.75. The number of ether oxygens (including phenoxy) is 1. The normalized spacial score (nSPS) is 10.6. The topological polar surface area (TPSA) is 61.0 Å². The maximum Gasteiger partial charge on any atom is 0.276 e. The molecule has 0 bridgehead atoms. The quantitative estimate of drug-likeness (QED) is 0.584. The van der Waals surface area contributed by atoms with Gasteiger partial charge in [-0.1, -0.05) is 11.8 Å². The van der Waals surface area contributed by atoms with E-state index < -0.39 is 0 Å². The average Bonchev–Trinajstić information content (AvgIpc) is 2.79. The number of rotatable bonds is 5. The summed E-state index contributed by atoms with van der Waals surface area (Å²) in [7, 11) is 1.66. The zero-order chi connectivity index (χ0) is 11.2. The van der Waals surface area contributed by atoms with Crippen LogP contribution in [-0.2, 0) is 4.74 Å². The molecular formula is C10H11N3O2S. The summed E-state index contributed by atoms with van der Waals surface area (Å²) < 4.78 is 10.4. The largest absolute Gasteiger partial charge is 0.411 e. The summed E-state index contributed by atoms with van der Waals surface area (Å²) in [6, 6.07) is 3.71. The van der Waals surface area contributed by atoms with E-state index in [1.54, 1.807) is 19.5 Å². The number of pyridine rings is 1. The van der Waals surface area contributed by atoms with Crippen molar-refractivity contribution in [3.63, 3.8) is 0 Å². The SMILES string of the molecule is COCCSc1nnc(-c2cccnc2)o1. The molecular weight excluding hydrogens is 226 g/mol. The highest BCUT2D eigenvalue weighted by molar-refractivity contribution is 7.99. The van der Waals surface area contributed by atoms with Crippen molar-refractivity contribution in [1.82, 2.24) is 15.2 Å². The van der Waals surface area contributed by atoms with Crippen molar-refractivity contribution in [3.05, 3.63) is 24.5 Å². The predicted octanol–water partition coefficient (Wildman–Crippen LogP) is 1.87. The summed E-state index contributed by atoms with van der Waals surface area (Å²) in [4.78, 5) is 3.99. The molecule has 0 saturated carbocycles. The first-order valence-corrected chi connectivity index (χ1v) is 5.74. The zero-order valence-electron chi connectivity index (χ0n) is 8.79. The molecule has 0 atom stereocenters. The Hall–Kier alpha value is -1.40. The number of nitrogens with zero attached hydrogens (tertiary/aromatic N) is 3. The lowest BCUT2D eigenvalue weighted by Gasteiger charge is -1.94. The Morgan fingerprint density at radius 3 is 3.12 bits per heavy atom. The molecule has 0 radical (unpaired) electrons. The Kier molecular flexibility index (Phi) is 3.90. The van der Waals surface area contributed by atoms with E-state index in [4.69, 9.17) is 9.15 Å². The van der Waals surface area contributed by atoms with E-state index in [1.165, 1.54) is 11.8 Å². The van der Waals surface area contributed by atoms with E-state index in [2.05, 4.69) is 15.2 Å². The molecule has 0 fully saturated rings. The summed E-state index contributed by atoms with van der Waals surface area (Å²) in [5.74, 6) is 1.29. The number of hydrogen-bond donors (Lipinski definition) is 0. The standard InChI is InChI=1S/C10H11N3O2S/c1-14-5-6-16-10-13-12-9(15-10)8-3-2-4-11-7-8/h2-4,7H,5-6H2,1H3. The van der Waals surface area contributed by atoms with Crippen molar-refractivity contribution >= 4 is 11.8 Å². The third-order valence-corrected chi connectivity index (χ3v) is 2.61. The van der Waals surface area contributed by atoms with Crippen LogP contribution in [0, 0.1) is 0 Å². The smallest absolute Gasteiger partial charge is 0.276 e. The van der Waals surface area contributed by atoms with Gasteiger partial charge in [0, 0.05) is 25.3 Å². The minimum Gasteiger partial charge on any atom is -0.411 e. The summed E-state index contributed by atoms with van der Waals surface area (Å²) in [5, 5.41) is 8.43. The molecule has 0 unspecified atom stereocenters. The molecule has 0 aliphatic carbocycles. The van der Waals surface area contributed by atoms with Gasteiger partial charge in [0.2, 0.25) is 5.89 Å². The van der Waals surface area contributed by atoms with Gasteiger partial charge in [0.15, 0.2) is 0 Å². The van der Waals surface area contributed by atoms with Crippen LogP contribution in [0.5, 0.6) is 0 Å². The van der Waals surface area contributed by atoms with Gasteiger partial charge in [-0.25, -0.2) is 0 Å². The molecule has 16 heavy (non-hydrogen) atoms. The van der Waals surface area contributed by atoms with Crippen molar-refractivity contribution < 1.29 is 9.15 Å². The van der Waals surface area contributed by atoms with E-state index in [0.29, 0.717) is 17.7 Å². The first-order valence-electron chi connectivity index (χ1n) is 4.76. The fourth-order valence-electron chi connectivity index (χ4n) is 1.09. The van der Waals surface area contributed by atoms with Crippen LogP contribution in [0.2, 0.25) is 0 Å². The molecule has 0 aromatic carbocycles. The van der Waals surface area contributed by atoms with Crippen LogP contribution < -0.4 is 0 Å². The molecule has 84 valence electrons. The molecule has 0 amide bonds. The number of hydrogen-bond acceptors (Lipinski definition) is 6. The highest BCUT2D eigenvalue weighted by atomic mass is 32.2. The molecule has 0 saturated heterocycles. The van der Waals surface area contributed by atoms with Gasteiger partial charge in [-0.05, 0) is 12.1 Å². The average molecular weight is 237 g/mol. The Morgan fingerprint density at radius 2 is 2.38 bits per heavy atom. The minimum atomic E-state index is 0.494. The Bertz CT molecular complexity index is 433. The molecule has 5 nitrogen and oxygen atoms in total. The molecule has 0 N–H and O–H groups in total. The molecule has 2 rings (SSSR count). The van der Waals surface area contributed by atoms with Gasteiger partial charge in [0.1, 0.15) is 0 Å². The Morgan fingerprint density at radius 1 is 1.44 bits per heavy atom. The molecule has 0 spiro atoms. The summed E-state index contributed by atoms with van der Waals surface area (Å²) in [6.07, 6.45) is 3.39. The van der Waals surface area contributed by atoms with Crippen LogP contribution >= 0.6 is 11.8 Å². The second-order valence-electron chi connectivity index (χ2n) is 2.96. The van der Waals surface area contributed by atoms with Crippen molar-refractivity contribution in [2.75, 3.05) is 19.5 Å². The highest BCUT2D eigenvalue weighted by Crippen LogP contribution is 2.21. The zero-order valence-corrected chi connectivity index (χ0v) is 9.61. The number of aromatic nitrogens is 3. The van der Waals surface area contributed by atoms with Crippen LogP contribution in [0.25, 0.3) is 11.5 Å². The minimum absolute atomic E-state index is 0.494. The first-order chi connectivity index (χ1) is 7.90. The van der Waals surface area contributed by atoms with Gasteiger partial charge < -0.3 is 9.15 Å². The van der Waals surface area contributed by atoms with Crippen molar-refractivity contribution in [2.24, 2.45) is 0 Å². The van der Waals surface area contributed by atoms with E-state index in [0.717, 1.165) is 11.3 Å². The lowest BCUT2D eigenvalue weighted by atomic mass is 10.3. The van der Waals surface area contributed by atoms with E-state index in [-0.39, 0.29) is 0 Å². The van der Waals surface area contributed by atoms with Crippen LogP contribution in [0.4, 0.5) is 0 Å². The third kappa shape index (κ3) is 2.80. The predicted molar refractivity (Wildman–Crippen MR) is 60.1 cm³/mol. The molecule has 2 heterocycles. The second-order valence-corrected chi connectivity index (χ2v) is 4.00. The van der Waals surface area contributed by atoms with Crippen LogP contribution in [0.15, 0.2) is 34.2 Å². The third-order valence-electron chi connectivity index (χ3n) is 1.83. The van der Waals surface area contributed by atoms with E-state index >= 15 is 0 Å². The summed E-state index contributed by atoms with van der Waals surface area (Å²) in [5.41, 5.74) is 0.827. The van der Waals surface area contributed by atoms with Crippen LogP contribution in [0.3, 0.4) is 0 Å². The van der Waals surface area contributed by atoms with Crippen LogP contribution in [0.1, 0.15) is 0 Å². The van der Waals surface area contributed by atoms with E-state index in [9.17, 15) is 0 Å². The maximum atomic E-state index is 5.46. The molecule has 0 aliphatic rings. The summed E-state index contributed by atoms with van der Waals surface area (Å²) >= 11 is 1.47. The highest BCUT2D eigenvalue weighted by Gasteiger charge is 2.08. The molecule has 2 aromatic heterocycles. The van der Waals surface area contributed by atoms with Gasteiger partial charge in [0.25, 0.3) is 5.22 Å². The van der Waals surface area contributed by atoms with Crippen LogP contribution in [-0.4, -0.2) is 34.7 Å². The van der Waals surface area contributed by atoms with Crippen molar-refractivity contribution in [3.8, 4) is 11.5 Å². The van der Waals surface area contributed by atoms with E-state index in [1.807, 2.05) is 12.1 Å². The first kappa shape index (κ1) is 11.1. The fraction of sp³-hybridized carbons (Fsp3) is 0.300.